The fourth-order valence-corrected chi connectivity index (χ4v) is 3.13. The molecule has 0 saturated heterocycles. The fourth-order valence-electron chi connectivity index (χ4n) is 2.95. The molecule has 0 unspecified atom stereocenters. The van der Waals surface area contributed by atoms with Crippen molar-refractivity contribution in [2.24, 2.45) is 11.8 Å². The first kappa shape index (κ1) is 15.9. The SMILES string of the molecule is O=C(Nc1ccc(F)c(Cl)c1)C1CCC(Cn2cnnn2)CC1. The molecular weight excluding hydrogens is 321 g/mol. The van der Waals surface area contributed by atoms with Gasteiger partial charge in [0.1, 0.15) is 12.1 Å². The van der Waals surface area contributed by atoms with Gasteiger partial charge >= 0.3 is 0 Å². The van der Waals surface area contributed by atoms with Gasteiger partial charge in [0.25, 0.3) is 0 Å². The normalized spacial score (nSPS) is 21.1. The molecule has 1 amide bonds. The lowest BCUT2D eigenvalue weighted by Gasteiger charge is -2.27. The summed E-state index contributed by atoms with van der Waals surface area (Å²) in [4.78, 5) is 12.3. The summed E-state index contributed by atoms with van der Waals surface area (Å²) in [7, 11) is 0. The van der Waals surface area contributed by atoms with Crippen molar-refractivity contribution in [3.63, 3.8) is 0 Å². The third-order valence-corrected chi connectivity index (χ3v) is 4.53. The number of halogens is 2. The molecule has 0 bridgehead atoms. The highest BCUT2D eigenvalue weighted by Crippen LogP contribution is 2.30. The molecule has 1 aliphatic carbocycles. The Morgan fingerprint density at radius 3 is 2.78 bits per heavy atom. The van der Waals surface area contributed by atoms with E-state index in [2.05, 4.69) is 20.8 Å². The monoisotopic (exact) mass is 337 g/mol. The Hall–Kier alpha value is -2.02. The van der Waals surface area contributed by atoms with Gasteiger partial charge in [0, 0.05) is 18.2 Å². The number of aromatic nitrogens is 4. The Kier molecular flexibility index (Phi) is 4.85. The molecule has 1 saturated carbocycles. The van der Waals surface area contributed by atoms with Crippen LogP contribution in [0.1, 0.15) is 25.7 Å². The summed E-state index contributed by atoms with van der Waals surface area (Å²) in [6.45, 7) is 0.787. The predicted octanol–water partition coefficient (Wildman–Crippen LogP) is 2.91. The molecule has 1 heterocycles. The third kappa shape index (κ3) is 4.04. The van der Waals surface area contributed by atoms with Crippen LogP contribution in [0.5, 0.6) is 0 Å². The van der Waals surface area contributed by atoms with Crippen molar-refractivity contribution < 1.29 is 9.18 Å². The van der Waals surface area contributed by atoms with E-state index in [9.17, 15) is 9.18 Å². The standard InChI is InChI=1S/C15H17ClFN5O/c16-13-7-12(5-6-14(13)17)19-15(23)11-3-1-10(2-4-11)8-22-9-18-20-21-22/h5-7,9-11H,1-4,8H2,(H,19,23). The van der Waals surface area contributed by atoms with Crippen LogP contribution in [-0.4, -0.2) is 26.1 Å². The maximum absolute atomic E-state index is 13.1. The predicted molar refractivity (Wildman–Crippen MR) is 83.3 cm³/mol. The molecule has 1 aromatic heterocycles. The average Bonchev–Trinajstić information content (AvgIpc) is 3.04. The van der Waals surface area contributed by atoms with Gasteiger partial charge in [-0.15, -0.1) is 5.10 Å². The highest BCUT2D eigenvalue weighted by Gasteiger charge is 2.26. The zero-order chi connectivity index (χ0) is 16.2. The maximum Gasteiger partial charge on any atom is 0.227 e. The van der Waals surface area contributed by atoms with E-state index in [0.717, 1.165) is 32.2 Å². The van der Waals surface area contributed by atoms with Crippen molar-refractivity contribution in [3.05, 3.63) is 35.4 Å². The van der Waals surface area contributed by atoms with Gasteiger partial charge < -0.3 is 5.32 Å². The van der Waals surface area contributed by atoms with Crippen molar-refractivity contribution >= 4 is 23.2 Å². The Labute approximate surface area is 138 Å². The van der Waals surface area contributed by atoms with Gasteiger partial charge in [-0.2, -0.15) is 0 Å². The van der Waals surface area contributed by atoms with E-state index in [1.54, 1.807) is 11.0 Å². The van der Waals surface area contributed by atoms with E-state index in [1.165, 1.54) is 18.2 Å². The molecule has 1 aromatic carbocycles. The Morgan fingerprint density at radius 1 is 1.35 bits per heavy atom. The maximum atomic E-state index is 13.1. The summed E-state index contributed by atoms with van der Waals surface area (Å²) < 4.78 is 14.9. The number of benzene rings is 1. The van der Waals surface area contributed by atoms with Crippen LogP contribution in [-0.2, 0) is 11.3 Å². The molecule has 3 rings (SSSR count). The second-order valence-corrected chi connectivity index (χ2v) is 6.27. The first-order chi connectivity index (χ1) is 11.1. The molecule has 0 aliphatic heterocycles. The van der Waals surface area contributed by atoms with Crippen LogP contribution in [0.4, 0.5) is 10.1 Å². The summed E-state index contributed by atoms with van der Waals surface area (Å²) >= 11 is 5.73. The van der Waals surface area contributed by atoms with Crippen molar-refractivity contribution in [3.8, 4) is 0 Å². The van der Waals surface area contributed by atoms with Gasteiger partial charge in [0.2, 0.25) is 5.91 Å². The lowest BCUT2D eigenvalue weighted by Crippen LogP contribution is -2.28. The molecule has 0 radical (unpaired) electrons. The highest BCUT2D eigenvalue weighted by atomic mass is 35.5. The van der Waals surface area contributed by atoms with Gasteiger partial charge in [0.05, 0.1) is 5.02 Å². The molecule has 1 aliphatic rings. The number of carbonyl (C=O) groups is 1. The number of tetrazole rings is 1. The van der Waals surface area contributed by atoms with E-state index in [-0.39, 0.29) is 16.8 Å². The largest absolute Gasteiger partial charge is 0.326 e. The van der Waals surface area contributed by atoms with Crippen molar-refractivity contribution in [1.29, 1.82) is 0 Å². The first-order valence-electron chi connectivity index (χ1n) is 7.58. The number of carbonyl (C=O) groups excluding carboxylic acids is 1. The zero-order valence-corrected chi connectivity index (χ0v) is 13.2. The summed E-state index contributed by atoms with van der Waals surface area (Å²) in [5.74, 6) is -0.0620. The van der Waals surface area contributed by atoms with E-state index >= 15 is 0 Å². The lowest BCUT2D eigenvalue weighted by molar-refractivity contribution is -0.121. The molecule has 1 fully saturated rings. The summed E-state index contributed by atoms with van der Waals surface area (Å²) in [6, 6.07) is 4.20. The molecule has 2 aromatic rings. The van der Waals surface area contributed by atoms with Gasteiger partial charge in [-0.25, -0.2) is 9.07 Å². The van der Waals surface area contributed by atoms with Crippen LogP contribution in [0, 0.1) is 17.7 Å². The molecule has 0 spiro atoms. The molecular formula is C15H17ClFN5O. The minimum Gasteiger partial charge on any atom is -0.326 e. The topological polar surface area (TPSA) is 72.7 Å². The highest BCUT2D eigenvalue weighted by molar-refractivity contribution is 6.31. The number of hydrogen-bond acceptors (Lipinski definition) is 4. The van der Waals surface area contributed by atoms with E-state index in [0.29, 0.717) is 11.6 Å². The van der Waals surface area contributed by atoms with Gasteiger partial charge in [0.15, 0.2) is 0 Å². The fraction of sp³-hybridized carbons (Fsp3) is 0.467. The molecule has 122 valence electrons. The summed E-state index contributed by atoms with van der Waals surface area (Å²) in [5.41, 5.74) is 0.525. The Morgan fingerprint density at radius 2 is 2.13 bits per heavy atom. The Balaban J connectivity index is 1.50. The van der Waals surface area contributed by atoms with E-state index in [1.807, 2.05) is 0 Å². The quantitative estimate of drug-likeness (QED) is 0.931. The Bertz CT molecular complexity index is 671. The van der Waals surface area contributed by atoms with Crippen LogP contribution in [0.15, 0.2) is 24.5 Å². The second-order valence-electron chi connectivity index (χ2n) is 5.87. The van der Waals surface area contributed by atoms with Crippen LogP contribution in [0.25, 0.3) is 0 Å². The second kappa shape index (κ2) is 7.04. The molecule has 1 N–H and O–H groups in total. The number of anilines is 1. The van der Waals surface area contributed by atoms with Gasteiger partial charge in [-0.1, -0.05) is 11.6 Å². The molecule has 23 heavy (non-hydrogen) atoms. The van der Waals surface area contributed by atoms with Crippen LogP contribution in [0.3, 0.4) is 0 Å². The smallest absolute Gasteiger partial charge is 0.227 e. The van der Waals surface area contributed by atoms with Crippen LogP contribution >= 0.6 is 11.6 Å². The number of amides is 1. The first-order valence-corrected chi connectivity index (χ1v) is 7.96. The van der Waals surface area contributed by atoms with Gasteiger partial charge in [-0.05, 0) is 60.2 Å². The van der Waals surface area contributed by atoms with Crippen molar-refractivity contribution in [2.45, 2.75) is 32.2 Å². The zero-order valence-electron chi connectivity index (χ0n) is 12.5. The van der Waals surface area contributed by atoms with Crippen molar-refractivity contribution in [2.75, 3.05) is 5.32 Å². The number of rotatable bonds is 4. The average molecular weight is 338 g/mol. The third-order valence-electron chi connectivity index (χ3n) is 4.24. The number of nitrogens with one attached hydrogen (secondary N) is 1. The summed E-state index contributed by atoms with van der Waals surface area (Å²) in [6.07, 6.45) is 5.18. The molecule has 8 heteroatoms. The lowest BCUT2D eigenvalue weighted by atomic mass is 9.81. The van der Waals surface area contributed by atoms with Crippen molar-refractivity contribution in [1.82, 2.24) is 20.2 Å². The minimum atomic E-state index is -0.493. The van der Waals surface area contributed by atoms with E-state index < -0.39 is 5.82 Å². The minimum absolute atomic E-state index is 0.00736. The van der Waals surface area contributed by atoms with E-state index in [4.69, 9.17) is 11.6 Å². The van der Waals surface area contributed by atoms with Crippen LogP contribution in [0.2, 0.25) is 5.02 Å². The van der Waals surface area contributed by atoms with Gasteiger partial charge in [-0.3, -0.25) is 4.79 Å². The number of nitrogens with zero attached hydrogens (tertiary/aromatic N) is 4. The number of hydrogen-bond donors (Lipinski definition) is 1. The molecule has 6 nitrogen and oxygen atoms in total. The van der Waals surface area contributed by atoms with Crippen LogP contribution < -0.4 is 5.32 Å². The molecule has 0 atom stereocenters. The summed E-state index contributed by atoms with van der Waals surface area (Å²) in [5, 5.41) is 13.9.